The van der Waals surface area contributed by atoms with Crippen molar-refractivity contribution in [1.29, 1.82) is 0 Å². The molecule has 0 aromatic rings. The largest absolute Gasteiger partial charge is 0.311 e. The lowest BCUT2D eigenvalue weighted by Gasteiger charge is -2.34. The second-order valence-electron chi connectivity index (χ2n) is 6.01. The van der Waals surface area contributed by atoms with Crippen molar-refractivity contribution in [2.24, 2.45) is 5.92 Å². The van der Waals surface area contributed by atoms with Crippen molar-refractivity contribution >= 4 is 0 Å². The summed E-state index contributed by atoms with van der Waals surface area (Å²) in [4.78, 5) is 2.75. The van der Waals surface area contributed by atoms with Crippen LogP contribution in [0.4, 0.5) is 0 Å². The Morgan fingerprint density at radius 1 is 1.38 bits per heavy atom. The summed E-state index contributed by atoms with van der Waals surface area (Å²) in [5, 5.41) is 3.70. The number of nitrogens with one attached hydrogen (secondary N) is 1. The molecule has 1 saturated heterocycles. The molecule has 0 aromatic heterocycles. The van der Waals surface area contributed by atoms with Crippen LogP contribution >= 0.6 is 0 Å². The summed E-state index contributed by atoms with van der Waals surface area (Å²) >= 11 is 0. The third-order valence-corrected chi connectivity index (χ3v) is 4.04. The van der Waals surface area contributed by atoms with E-state index in [1.807, 2.05) is 0 Å². The summed E-state index contributed by atoms with van der Waals surface area (Å²) in [7, 11) is 0. The van der Waals surface area contributed by atoms with Crippen molar-refractivity contribution in [3.05, 3.63) is 0 Å². The molecular formula is C14H28N2. The molecule has 1 aliphatic heterocycles. The molecule has 1 heterocycles. The lowest BCUT2D eigenvalue weighted by atomic mass is 10.0. The van der Waals surface area contributed by atoms with Crippen molar-refractivity contribution in [2.45, 2.75) is 71.0 Å². The number of hydrogen-bond donors (Lipinski definition) is 1. The Hall–Kier alpha value is -0.0800. The maximum atomic E-state index is 3.70. The first-order valence-corrected chi connectivity index (χ1v) is 7.20. The van der Waals surface area contributed by atoms with E-state index < -0.39 is 0 Å². The first kappa shape index (κ1) is 12.4. The zero-order valence-corrected chi connectivity index (χ0v) is 11.2. The molecule has 1 aliphatic carbocycles. The van der Waals surface area contributed by atoms with Crippen LogP contribution in [0.3, 0.4) is 0 Å². The van der Waals surface area contributed by atoms with E-state index in [1.54, 1.807) is 0 Å². The van der Waals surface area contributed by atoms with E-state index in [2.05, 4.69) is 31.0 Å². The smallest absolute Gasteiger partial charge is 0.0197 e. The van der Waals surface area contributed by atoms with Crippen molar-refractivity contribution in [1.82, 2.24) is 10.2 Å². The Balaban J connectivity index is 1.75. The second-order valence-corrected chi connectivity index (χ2v) is 6.01. The van der Waals surface area contributed by atoms with E-state index in [0.29, 0.717) is 6.04 Å². The number of piperidine rings is 1. The summed E-state index contributed by atoms with van der Waals surface area (Å²) in [5.74, 6) is 1.03. The van der Waals surface area contributed by atoms with Gasteiger partial charge in [-0.05, 0) is 38.1 Å². The van der Waals surface area contributed by atoms with Crippen LogP contribution in [-0.2, 0) is 0 Å². The van der Waals surface area contributed by atoms with Crippen LogP contribution in [0, 0.1) is 5.92 Å². The number of nitrogens with zero attached hydrogens (tertiary/aromatic N) is 1. The number of likely N-dealkylation sites (tertiary alicyclic amines) is 1. The maximum absolute atomic E-state index is 3.70. The molecule has 2 aliphatic rings. The van der Waals surface area contributed by atoms with Gasteiger partial charge in [-0.3, -0.25) is 4.90 Å². The van der Waals surface area contributed by atoms with E-state index >= 15 is 0 Å². The average molecular weight is 224 g/mol. The number of rotatable bonds is 5. The Labute approximate surface area is 101 Å². The van der Waals surface area contributed by atoms with E-state index in [0.717, 1.165) is 18.0 Å². The molecule has 94 valence electrons. The van der Waals surface area contributed by atoms with E-state index in [4.69, 9.17) is 0 Å². The van der Waals surface area contributed by atoms with Gasteiger partial charge in [-0.1, -0.05) is 27.2 Å². The predicted octanol–water partition coefficient (Wildman–Crippen LogP) is 2.64. The molecule has 0 amide bonds. The summed E-state index contributed by atoms with van der Waals surface area (Å²) in [6.07, 6.45) is 7.05. The van der Waals surface area contributed by atoms with Crippen molar-refractivity contribution in [3.63, 3.8) is 0 Å². The van der Waals surface area contributed by atoms with Gasteiger partial charge in [0.1, 0.15) is 0 Å². The molecule has 2 heteroatoms. The van der Waals surface area contributed by atoms with Gasteiger partial charge in [0, 0.05) is 24.7 Å². The van der Waals surface area contributed by atoms with Gasteiger partial charge >= 0.3 is 0 Å². The van der Waals surface area contributed by atoms with E-state index in [9.17, 15) is 0 Å². The second kappa shape index (κ2) is 5.50. The standard InChI is InChI=1S/C14H28N2/c1-4-6-12-9-14(12)16-8-5-7-13(10-16)15-11(2)3/h11-15H,4-10H2,1-3H3. The van der Waals surface area contributed by atoms with Crippen molar-refractivity contribution in [3.8, 4) is 0 Å². The fourth-order valence-electron chi connectivity index (χ4n) is 3.27. The summed E-state index contributed by atoms with van der Waals surface area (Å²) in [6.45, 7) is 9.48. The highest BCUT2D eigenvalue weighted by atomic mass is 15.2. The van der Waals surface area contributed by atoms with Gasteiger partial charge in [-0.25, -0.2) is 0 Å². The summed E-state index contributed by atoms with van der Waals surface area (Å²) in [6, 6.07) is 2.32. The van der Waals surface area contributed by atoms with Gasteiger partial charge in [0.05, 0.1) is 0 Å². The van der Waals surface area contributed by atoms with Gasteiger partial charge in [0.2, 0.25) is 0 Å². The predicted molar refractivity (Wildman–Crippen MR) is 69.7 cm³/mol. The Bertz CT molecular complexity index is 215. The molecule has 1 N–H and O–H groups in total. The van der Waals surface area contributed by atoms with Gasteiger partial charge in [0.15, 0.2) is 0 Å². The molecule has 1 saturated carbocycles. The highest BCUT2D eigenvalue weighted by Crippen LogP contribution is 2.40. The maximum Gasteiger partial charge on any atom is 0.0197 e. The van der Waals surface area contributed by atoms with Crippen LogP contribution in [-0.4, -0.2) is 36.1 Å². The molecule has 2 rings (SSSR count). The molecule has 2 fully saturated rings. The Kier molecular flexibility index (Phi) is 4.26. The van der Waals surface area contributed by atoms with Crippen LogP contribution in [0.2, 0.25) is 0 Å². The lowest BCUT2D eigenvalue weighted by molar-refractivity contribution is 0.169. The topological polar surface area (TPSA) is 15.3 Å². The van der Waals surface area contributed by atoms with Crippen LogP contribution < -0.4 is 5.32 Å². The van der Waals surface area contributed by atoms with Crippen molar-refractivity contribution in [2.75, 3.05) is 13.1 Å². The third kappa shape index (κ3) is 3.21. The van der Waals surface area contributed by atoms with Gasteiger partial charge in [-0.2, -0.15) is 0 Å². The monoisotopic (exact) mass is 224 g/mol. The van der Waals surface area contributed by atoms with Gasteiger partial charge < -0.3 is 5.32 Å². The first-order chi connectivity index (χ1) is 7.70. The summed E-state index contributed by atoms with van der Waals surface area (Å²) in [5.41, 5.74) is 0. The van der Waals surface area contributed by atoms with Crippen LogP contribution in [0.15, 0.2) is 0 Å². The fraction of sp³-hybridized carbons (Fsp3) is 1.00. The highest BCUT2D eigenvalue weighted by Gasteiger charge is 2.41. The zero-order valence-electron chi connectivity index (χ0n) is 11.2. The number of hydrogen-bond acceptors (Lipinski definition) is 2. The normalized spacial score (nSPS) is 35.6. The Morgan fingerprint density at radius 2 is 2.19 bits per heavy atom. The van der Waals surface area contributed by atoms with E-state index in [1.165, 1.54) is 45.2 Å². The first-order valence-electron chi connectivity index (χ1n) is 7.20. The average Bonchev–Trinajstić information content (AvgIpc) is 2.97. The highest BCUT2D eigenvalue weighted by molar-refractivity contribution is 4.97. The molecule has 3 atom stereocenters. The third-order valence-electron chi connectivity index (χ3n) is 4.04. The molecular weight excluding hydrogens is 196 g/mol. The minimum absolute atomic E-state index is 0.635. The van der Waals surface area contributed by atoms with Crippen LogP contribution in [0.25, 0.3) is 0 Å². The van der Waals surface area contributed by atoms with Gasteiger partial charge in [0.25, 0.3) is 0 Å². The molecule has 16 heavy (non-hydrogen) atoms. The lowest BCUT2D eigenvalue weighted by Crippen LogP contribution is -2.48. The SMILES string of the molecule is CCCC1CC1N1CCCC(NC(C)C)C1. The van der Waals surface area contributed by atoms with Crippen LogP contribution in [0.5, 0.6) is 0 Å². The summed E-state index contributed by atoms with van der Waals surface area (Å²) < 4.78 is 0. The minimum atomic E-state index is 0.635. The quantitative estimate of drug-likeness (QED) is 0.772. The Morgan fingerprint density at radius 3 is 2.88 bits per heavy atom. The molecule has 0 radical (unpaired) electrons. The molecule has 2 nitrogen and oxygen atoms in total. The molecule has 3 unspecified atom stereocenters. The van der Waals surface area contributed by atoms with Crippen molar-refractivity contribution < 1.29 is 0 Å². The minimum Gasteiger partial charge on any atom is -0.311 e. The molecule has 0 aromatic carbocycles. The van der Waals surface area contributed by atoms with Crippen LogP contribution in [0.1, 0.15) is 52.9 Å². The molecule has 0 spiro atoms. The zero-order chi connectivity index (χ0) is 11.5. The van der Waals surface area contributed by atoms with E-state index in [-0.39, 0.29) is 0 Å². The fourth-order valence-corrected chi connectivity index (χ4v) is 3.27. The molecule has 0 bridgehead atoms. The van der Waals surface area contributed by atoms with Gasteiger partial charge in [-0.15, -0.1) is 0 Å².